The number of hydrogen-bond acceptors (Lipinski definition) is 4. The summed E-state index contributed by atoms with van der Waals surface area (Å²) >= 11 is 1.80. The number of amides is 2. The van der Waals surface area contributed by atoms with Gasteiger partial charge in [-0.1, -0.05) is 6.07 Å². The van der Waals surface area contributed by atoms with Gasteiger partial charge in [0.1, 0.15) is 6.61 Å². The highest BCUT2D eigenvalue weighted by Gasteiger charge is 2.34. The van der Waals surface area contributed by atoms with Crippen LogP contribution in [0.4, 0.5) is 0 Å². The summed E-state index contributed by atoms with van der Waals surface area (Å²) < 4.78 is 4.93. The van der Waals surface area contributed by atoms with Gasteiger partial charge in [0.25, 0.3) is 0 Å². The third-order valence-electron chi connectivity index (χ3n) is 5.68. The maximum absolute atomic E-state index is 13.1. The van der Waals surface area contributed by atoms with E-state index >= 15 is 0 Å². The number of piperidine rings is 2. The van der Waals surface area contributed by atoms with Crippen LogP contribution >= 0.6 is 11.3 Å². The molecular formula is C20H30N2O3S. The number of ether oxygens (including phenoxy) is 1. The van der Waals surface area contributed by atoms with Gasteiger partial charge in [-0.05, 0) is 56.4 Å². The Morgan fingerprint density at radius 1 is 1.19 bits per heavy atom. The predicted molar refractivity (Wildman–Crippen MR) is 103 cm³/mol. The smallest absolute Gasteiger partial charge is 0.248 e. The number of methoxy groups -OCH3 is 1. The lowest BCUT2D eigenvalue weighted by molar-refractivity contribution is -0.144. The summed E-state index contributed by atoms with van der Waals surface area (Å²) in [6.45, 7) is 2.38. The Morgan fingerprint density at radius 2 is 2.00 bits per heavy atom. The Morgan fingerprint density at radius 3 is 2.69 bits per heavy atom. The number of hydrogen-bond donors (Lipinski definition) is 0. The van der Waals surface area contributed by atoms with E-state index in [9.17, 15) is 9.59 Å². The number of nitrogens with zero attached hydrogens (tertiary/aromatic N) is 2. The summed E-state index contributed by atoms with van der Waals surface area (Å²) in [4.78, 5) is 30.5. The van der Waals surface area contributed by atoms with Gasteiger partial charge in [-0.3, -0.25) is 9.59 Å². The third-order valence-corrected chi connectivity index (χ3v) is 6.62. The van der Waals surface area contributed by atoms with E-state index in [1.807, 2.05) is 4.90 Å². The normalized spacial score (nSPS) is 21.8. The van der Waals surface area contributed by atoms with Gasteiger partial charge >= 0.3 is 0 Å². The largest absolute Gasteiger partial charge is 0.375 e. The molecule has 6 heteroatoms. The van der Waals surface area contributed by atoms with Crippen LogP contribution in [0, 0.1) is 5.92 Å². The molecule has 2 saturated heterocycles. The zero-order chi connectivity index (χ0) is 18.4. The summed E-state index contributed by atoms with van der Waals surface area (Å²) in [5, 5.41) is 2.12. The molecule has 0 unspecified atom stereocenters. The summed E-state index contributed by atoms with van der Waals surface area (Å²) in [5.74, 6) is 0.425. The lowest BCUT2D eigenvalue weighted by atomic mass is 9.91. The number of carbonyl (C=O) groups excluding carboxylic acids is 2. The molecule has 26 heavy (non-hydrogen) atoms. The second-order valence-electron chi connectivity index (χ2n) is 7.39. The minimum absolute atomic E-state index is 0.0326. The van der Waals surface area contributed by atoms with E-state index in [2.05, 4.69) is 22.4 Å². The van der Waals surface area contributed by atoms with Crippen molar-refractivity contribution in [3.05, 3.63) is 22.4 Å². The van der Waals surface area contributed by atoms with Gasteiger partial charge in [0, 0.05) is 43.6 Å². The quantitative estimate of drug-likeness (QED) is 0.765. The molecule has 3 heterocycles. The van der Waals surface area contributed by atoms with Gasteiger partial charge in [0.05, 0.1) is 0 Å². The van der Waals surface area contributed by atoms with Crippen molar-refractivity contribution >= 4 is 23.2 Å². The van der Waals surface area contributed by atoms with E-state index in [1.54, 1.807) is 18.4 Å². The van der Waals surface area contributed by atoms with Crippen LogP contribution in [0.2, 0.25) is 0 Å². The average molecular weight is 379 g/mol. The number of aryl methyl sites for hydroxylation is 1. The van der Waals surface area contributed by atoms with Gasteiger partial charge in [0.15, 0.2) is 0 Å². The van der Waals surface area contributed by atoms with Crippen LogP contribution in [0.3, 0.4) is 0 Å². The van der Waals surface area contributed by atoms with Gasteiger partial charge in [0.2, 0.25) is 11.8 Å². The Bertz CT molecular complexity index is 582. The van der Waals surface area contributed by atoms with Crippen LogP contribution in [-0.4, -0.2) is 61.0 Å². The van der Waals surface area contributed by atoms with Crippen molar-refractivity contribution in [1.82, 2.24) is 9.80 Å². The summed E-state index contributed by atoms with van der Waals surface area (Å²) in [6, 6.07) is 4.67. The number of thiophene rings is 1. The SMILES string of the molecule is COCC(=O)N1CCC(C(=O)N2CCCC[C@@H]2CCc2cccs2)CC1. The Labute approximate surface area is 160 Å². The Kier molecular flexibility index (Phi) is 7.08. The highest BCUT2D eigenvalue weighted by molar-refractivity contribution is 7.09. The first kappa shape index (κ1) is 19.4. The van der Waals surface area contributed by atoms with E-state index in [0.717, 1.165) is 45.1 Å². The number of likely N-dealkylation sites (tertiary alicyclic amines) is 2. The van der Waals surface area contributed by atoms with Crippen molar-refractivity contribution in [1.29, 1.82) is 0 Å². The summed E-state index contributed by atoms with van der Waals surface area (Å²) in [7, 11) is 1.54. The molecule has 0 aromatic carbocycles. The van der Waals surface area contributed by atoms with E-state index in [-0.39, 0.29) is 18.4 Å². The van der Waals surface area contributed by atoms with Gasteiger partial charge in [-0.2, -0.15) is 0 Å². The van der Waals surface area contributed by atoms with Crippen molar-refractivity contribution in [2.24, 2.45) is 5.92 Å². The minimum Gasteiger partial charge on any atom is -0.375 e. The molecule has 0 N–H and O–H groups in total. The fraction of sp³-hybridized carbons (Fsp3) is 0.700. The molecule has 5 nitrogen and oxygen atoms in total. The topological polar surface area (TPSA) is 49.9 Å². The standard InChI is InChI=1S/C20H30N2O3S/c1-25-15-19(23)21-12-9-16(10-13-21)20(24)22-11-3-2-5-17(22)7-8-18-6-4-14-26-18/h4,6,14,16-17H,2-3,5,7-13,15H2,1H3/t17-/m1/s1. The van der Waals surface area contributed by atoms with Gasteiger partial charge < -0.3 is 14.5 Å². The second-order valence-corrected chi connectivity index (χ2v) is 8.42. The van der Waals surface area contributed by atoms with E-state index in [1.165, 1.54) is 11.3 Å². The molecule has 0 bridgehead atoms. The molecule has 1 atom stereocenters. The van der Waals surface area contributed by atoms with Crippen molar-refractivity contribution in [2.45, 2.75) is 51.0 Å². The van der Waals surface area contributed by atoms with Crippen LogP contribution in [0.1, 0.15) is 43.4 Å². The van der Waals surface area contributed by atoms with Crippen molar-refractivity contribution in [3.63, 3.8) is 0 Å². The van der Waals surface area contributed by atoms with Crippen LogP contribution in [-0.2, 0) is 20.7 Å². The molecule has 144 valence electrons. The fourth-order valence-electron chi connectivity index (χ4n) is 4.18. The molecule has 0 aliphatic carbocycles. The maximum atomic E-state index is 13.1. The van der Waals surface area contributed by atoms with Crippen molar-refractivity contribution in [3.8, 4) is 0 Å². The fourth-order valence-corrected chi connectivity index (χ4v) is 4.90. The molecule has 2 fully saturated rings. The lowest BCUT2D eigenvalue weighted by Gasteiger charge is -2.40. The summed E-state index contributed by atoms with van der Waals surface area (Å²) in [6.07, 6.45) is 7.16. The molecular weight excluding hydrogens is 348 g/mol. The van der Waals surface area contributed by atoms with Crippen LogP contribution < -0.4 is 0 Å². The highest BCUT2D eigenvalue weighted by Crippen LogP contribution is 2.27. The monoisotopic (exact) mass is 378 g/mol. The van der Waals surface area contributed by atoms with E-state index in [0.29, 0.717) is 25.0 Å². The molecule has 0 spiro atoms. The van der Waals surface area contributed by atoms with Crippen LogP contribution in [0.5, 0.6) is 0 Å². The molecule has 3 rings (SSSR count). The van der Waals surface area contributed by atoms with Gasteiger partial charge in [-0.25, -0.2) is 0 Å². The van der Waals surface area contributed by atoms with Crippen LogP contribution in [0.25, 0.3) is 0 Å². The third kappa shape index (κ3) is 4.86. The number of rotatable bonds is 6. The highest BCUT2D eigenvalue weighted by atomic mass is 32.1. The zero-order valence-electron chi connectivity index (χ0n) is 15.7. The first-order valence-electron chi connectivity index (χ1n) is 9.78. The Hall–Kier alpha value is -1.40. The number of carbonyl (C=O) groups is 2. The van der Waals surface area contributed by atoms with Gasteiger partial charge in [-0.15, -0.1) is 11.3 Å². The Balaban J connectivity index is 1.52. The first-order valence-corrected chi connectivity index (χ1v) is 10.7. The molecule has 0 saturated carbocycles. The van der Waals surface area contributed by atoms with E-state index in [4.69, 9.17) is 4.74 Å². The minimum atomic E-state index is 0.0326. The molecule has 0 radical (unpaired) electrons. The van der Waals surface area contributed by atoms with Crippen molar-refractivity contribution < 1.29 is 14.3 Å². The molecule has 2 amide bonds. The lowest BCUT2D eigenvalue weighted by Crippen LogP contribution is -2.49. The van der Waals surface area contributed by atoms with E-state index < -0.39 is 0 Å². The average Bonchev–Trinajstić information content (AvgIpc) is 3.20. The molecule has 1 aromatic heterocycles. The molecule has 2 aliphatic rings. The second kappa shape index (κ2) is 9.51. The molecule has 2 aliphatic heterocycles. The molecule has 1 aromatic rings. The predicted octanol–water partition coefficient (Wildman–Crippen LogP) is 2.95. The van der Waals surface area contributed by atoms with Crippen molar-refractivity contribution in [2.75, 3.05) is 33.4 Å². The summed E-state index contributed by atoms with van der Waals surface area (Å²) in [5.41, 5.74) is 0. The maximum Gasteiger partial charge on any atom is 0.248 e. The van der Waals surface area contributed by atoms with Crippen LogP contribution in [0.15, 0.2) is 17.5 Å². The zero-order valence-corrected chi connectivity index (χ0v) is 16.5. The first-order chi connectivity index (χ1) is 12.7.